The number of carbonyl (C=O) groups is 1. The van der Waals surface area contributed by atoms with Crippen LogP contribution < -0.4 is 11.1 Å². The van der Waals surface area contributed by atoms with E-state index in [-0.39, 0.29) is 12.1 Å². The molecule has 0 unspecified atom stereocenters. The molecule has 0 bridgehead atoms. The highest BCUT2D eigenvalue weighted by atomic mass is 19.3. The molecular weight excluding hydrogens is 260 g/mol. The van der Waals surface area contributed by atoms with Crippen molar-refractivity contribution >= 4 is 11.6 Å². The molecule has 8 heteroatoms. The number of benzene rings is 1. The predicted molar refractivity (Wildman–Crippen MR) is 63.8 cm³/mol. The average Bonchev–Trinajstić information content (AvgIpc) is 2.37. The van der Waals surface area contributed by atoms with Crippen molar-refractivity contribution in [3.8, 4) is 0 Å². The Morgan fingerprint density at radius 3 is 2.74 bits per heavy atom. The first-order valence-corrected chi connectivity index (χ1v) is 5.42. The monoisotopic (exact) mass is 273 g/mol. The van der Waals surface area contributed by atoms with Crippen molar-refractivity contribution in [3.63, 3.8) is 0 Å². The molecule has 0 heterocycles. The van der Waals surface area contributed by atoms with Crippen molar-refractivity contribution in [3.05, 3.63) is 39.9 Å². The summed E-state index contributed by atoms with van der Waals surface area (Å²) in [6, 6.07) is 5.44. The number of alkyl halides is 2. The molecule has 1 aromatic rings. The topological polar surface area (TPSA) is 98.3 Å². The molecule has 0 atom stereocenters. The summed E-state index contributed by atoms with van der Waals surface area (Å²) in [5, 5.41) is 12.6. The summed E-state index contributed by atoms with van der Waals surface area (Å²) in [6.07, 6.45) is -0.206. The maximum Gasteiger partial charge on any atom is 0.277 e. The zero-order valence-electron chi connectivity index (χ0n) is 9.94. The lowest BCUT2D eigenvalue weighted by molar-refractivity contribution is -0.384. The summed E-state index contributed by atoms with van der Waals surface area (Å²) in [7, 11) is 0. The third-order valence-electron chi connectivity index (χ3n) is 2.33. The van der Waals surface area contributed by atoms with Gasteiger partial charge in [-0.15, -0.1) is 0 Å². The number of nitrogens with zero attached hydrogens (tertiary/aromatic N) is 1. The van der Waals surface area contributed by atoms with Gasteiger partial charge in [-0.3, -0.25) is 14.9 Å². The standard InChI is InChI=1S/C11H13F2N3O3/c12-11(13,6-14)7-15-10(17)5-8-2-1-3-9(4-8)16(18)19/h1-4H,5-7,14H2,(H,15,17). The molecule has 1 rings (SSSR count). The Morgan fingerprint density at radius 1 is 1.47 bits per heavy atom. The predicted octanol–water partition coefficient (Wildman–Crippen LogP) is 0.847. The van der Waals surface area contributed by atoms with E-state index in [2.05, 4.69) is 0 Å². The number of halogens is 2. The second-order valence-electron chi connectivity index (χ2n) is 3.94. The van der Waals surface area contributed by atoms with Gasteiger partial charge < -0.3 is 11.1 Å². The minimum Gasteiger partial charge on any atom is -0.350 e. The van der Waals surface area contributed by atoms with Gasteiger partial charge in [0.15, 0.2) is 0 Å². The van der Waals surface area contributed by atoms with E-state index < -0.39 is 29.8 Å². The van der Waals surface area contributed by atoms with Gasteiger partial charge >= 0.3 is 0 Å². The molecule has 1 aromatic carbocycles. The van der Waals surface area contributed by atoms with E-state index in [4.69, 9.17) is 5.73 Å². The molecule has 0 aromatic heterocycles. The van der Waals surface area contributed by atoms with Crippen molar-refractivity contribution < 1.29 is 18.5 Å². The Morgan fingerprint density at radius 2 is 2.16 bits per heavy atom. The van der Waals surface area contributed by atoms with Crippen molar-refractivity contribution in [1.82, 2.24) is 5.32 Å². The first-order chi connectivity index (χ1) is 8.84. The van der Waals surface area contributed by atoms with Gasteiger partial charge in [0.2, 0.25) is 5.91 Å². The molecular formula is C11H13F2N3O3. The zero-order valence-corrected chi connectivity index (χ0v) is 9.94. The van der Waals surface area contributed by atoms with Crippen LogP contribution in [0.25, 0.3) is 0 Å². The summed E-state index contributed by atoms with van der Waals surface area (Å²) in [5.74, 6) is -3.80. The molecule has 0 aliphatic carbocycles. The minimum absolute atomic E-state index is 0.155. The highest BCUT2D eigenvalue weighted by molar-refractivity contribution is 5.78. The van der Waals surface area contributed by atoms with Gasteiger partial charge in [-0.2, -0.15) is 0 Å². The molecule has 0 radical (unpaired) electrons. The number of rotatable bonds is 6. The van der Waals surface area contributed by atoms with Crippen molar-refractivity contribution in [2.45, 2.75) is 12.3 Å². The SMILES string of the molecule is NCC(F)(F)CNC(=O)Cc1cccc([N+](=O)[O-])c1. The first-order valence-electron chi connectivity index (χ1n) is 5.42. The molecule has 3 N–H and O–H groups in total. The van der Waals surface area contributed by atoms with Crippen molar-refractivity contribution in [1.29, 1.82) is 0 Å². The number of nitro benzene ring substituents is 1. The first kappa shape index (κ1) is 15.0. The maximum atomic E-state index is 12.8. The molecule has 0 saturated carbocycles. The number of hydrogen-bond donors (Lipinski definition) is 2. The summed E-state index contributed by atoms with van der Waals surface area (Å²) < 4.78 is 25.6. The number of nitrogens with two attached hydrogens (primary N) is 1. The molecule has 19 heavy (non-hydrogen) atoms. The van der Waals surface area contributed by atoms with E-state index >= 15 is 0 Å². The van der Waals surface area contributed by atoms with Crippen molar-refractivity contribution in [2.75, 3.05) is 13.1 Å². The fraction of sp³-hybridized carbons (Fsp3) is 0.364. The Balaban J connectivity index is 2.58. The highest BCUT2D eigenvalue weighted by Crippen LogP contribution is 2.14. The molecule has 104 valence electrons. The van der Waals surface area contributed by atoms with Gasteiger partial charge in [-0.05, 0) is 5.56 Å². The number of hydrogen-bond acceptors (Lipinski definition) is 4. The molecule has 0 aliphatic rings. The third kappa shape index (κ3) is 4.96. The summed E-state index contributed by atoms with van der Waals surface area (Å²) in [6.45, 7) is -1.71. The lowest BCUT2D eigenvalue weighted by atomic mass is 10.1. The molecule has 0 saturated heterocycles. The third-order valence-corrected chi connectivity index (χ3v) is 2.33. The Hall–Kier alpha value is -2.09. The van der Waals surface area contributed by atoms with E-state index in [1.54, 1.807) is 0 Å². The van der Waals surface area contributed by atoms with Crippen LogP contribution in [0.2, 0.25) is 0 Å². The number of amides is 1. The molecule has 0 fully saturated rings. The van der Waals surface area contributed by atoms with Gasteiger partial charge in [-0.1, -0.05) is 12.1 Å². The van der Waals surface area contributed by atoms with Crippen LogP contribution in [0.3, 0.4) is 0 Å². The summed E-state index contributed by atoms with van der Waals surface area (Å²) in [5.41, 5.74) is 5.04. The fourth-order valence-corrected chi connectivity index (χ4v) is 1.33. The number of non-ortho nitro benzene ring substituents is 1. The Bertz CT molecular complexity index is 480. The van der Waals surface area contributed by atoms with Crippen LogP contribution in [0.4, 0.5) is 14.5 Å². The average molecular weight is 273 g/mol. The molecule has 0 spiro atoms. The summed E-state index contributed by atoms with van der Waals surface area (Å²) >= 11 is 0. The van der Waals surface area contributed by atoms with Crippen LogP contribution in [-0.4, -0.2) is 29.8 Å². The van der Waals surface area contributed by atoms with Crippen LogP contribution in [0.1, 0.15) is 5.56 Å². The van der Waals surface area contributed by atoms with E-state index in [0.29, 0.717) is 5.56 Å². The highest BCUT2D eigenvalue weighted by Gasteiger charge is 2.27. The van der Waals surface area contributed by atoms with Gasteiger partial charge in [0.05, 0.1) is 24.4 Å². The minimum atomic E-state index is -3.15. The lowest BCUT2D eigenvalue weighted by Gasteiger charge is -2.14. The van der Waals surface area contributed by atoms with Crippen LogP contribution >= 0.6 is 0 Å². The van der Waals surface area contributed by atoms with E-state index in [1.165, 1.54) is 24.3 Å². The van der Waals surface area contributed by atoms with Crippen LogP contribution in [0.5, 0.6) is 0 Å². The van der Waals surface area contributed by atoms with E-state index in [9.17, 15) is 23.7 Å². The second-order valence-corrected chi connectivity index (χ2v) is 3.94. The lowest BCUT2D eigenvalue weighted by Crippen LogP contribution is -2.42. The number of nitro groups is 1. The van der Waals surface area contributed by atoms with Crippen LogP contribution in [-0.2, 0) is 11.2 Å². The smallest absolute Gasteiger partial charge is 0.277 e. The second kappa shape index (κ2) is 6.19. The quantitative estimate of drug-likeness (QED) is 0.593. The number of nitrogens with one attached hydrogen (secondary N) is 1. The zero-order chi connectivity index (χ0) is 14.5. The van der Waals surface area contributed by atoms with Crippen LogP contribution in [0.15, 0.2) is 24.3 Å². The number of carbonyl (C=O) groups excluding carboxylic acids is 1. The Labute approximate surface area is 107 Å². The maximum absolute atomic E-state index is 12.8. The Kier molecular flexibility index (Phi) is 4.87. The largest absolute Gasteiger partial charge is 0.350 e. The van der Waals surface area contributed by atoms with Gasteiger partial charge in [-0.25, -0.2) is 8.78 Å². The molecule has 0 aliphatic heterocycles. The van der Waals surface area contributed by atoms with Gasteiger partial charge in [0.25, 0.3) is 11.6 Å². The van der Waals surface area contributed by atoms with E-state index in [0.717, 1.165) is 0 Å². The van der Waals surface area contributed by atoms with E-state index in [1.807, 2.05) is 5.32 Å². The van der Waals surface area contributed by atoms with Crippen molar-refractivity contribution in [2.24, 2.45) is 5.73 Å². The van der Waals surface area contributed by atoms with Gasteiger partial charge in [0, 0.05) is 12.1 Å². The van der Waals surface area contributed by atoms with Crippen LogP contribution in [0, 0.1) is 10.1 Å². The molecule has 6 nitrogen and oxygen atoms in total. The fourth-order valence-electron chi connectivity index (χ4n) is 1.33. The van der Waals surface area contributed by atoms with Gasteiger partial charge in [0.1, 0.15) is 0 Å². The molecule has 1 amide bonds. The summed E-state index contributed by atoms with van der Waals surface area (Å²) in [4.78, 5) is 21.3. The normalized spacial score (nSPS) is 11.1.